The normalized spacial score (nSPS) is 14.5. The third kappa shape index (κ3) is 5.94. The summed E-state index contributed by atoms with van der Waals surface area (Å²) in [7, 11) is 0. The summed E-state index contributed by atoms with van der Waals surface area (Å²) in [6.07, 6.45) is 5.44. The maximum absolute atomic E-state index is 12.3. The number of piperidine rings is 1. The predicted octanol–water partition coefficient (Wildman–Crippen LogP) is 3.08. The molecule has 0 bridgehead atoms. The molecule has 156 valence electrons. The second kappa shape index (κ2) is 9.73. The van der Waals surface area contributed by atoms with Crippen molar-refractivity contribution in [2.45, 2.75) is 19.8 Å². The first-order valence-corrected chi connectivity index (χ1v) is 9.89. The molecule has 0 unspecified atom stereocenters. The highest BCUT2D eigenvalue weighted by molar-refractivity contribution is 5.93. The summed E-state index contributed by atoms with van der Waals surface area (Å²) in [5.74, 6) is 0.579. The van der Waals surface area contributed by atoms with Crippen molar-refractivity contribution < 1.29 is 14.3 Å². The summed E-state index contributed by atoms with van der Waals surface area (Å²) in [6, 6.07) is 13.4. The van der Waals surface area contributed by atoms with Crippen molar-refractivity contribution in [1.29, 1.82) is 0 Å². The second-order valence-electron chi connectivity index (χ2n) is 7.38. The molecule has 3 rings (SSSR count). The van der Waals surface area contributed by atoms with Gasteiger partial charge >= 0.3 is 5.97 Å². The second-order valence-corrected chi connectivity index (χ2v) is 7.38. The number of hydrogen-bond acceptors (Lipinski definition) is 4. The van der Waals surface area contributed by atoms with Gasteiger partial charge in [0.15, 0.2) is 5.96 Å². The first kappa shape index (κ1) is 21.1. The molecule has 0 atom stereocenters. The van der Waals surface area contributed by atoms with Crippen LogP contribution >= 0.6 is 0 Å². The molecule has 1 saturated heterocycles. The first-order chi connectivity index (χ1) is 14.4. The molecule has 0 saturated carbocycles. The number of carbonyl (C=O) groups is 2. The zero-order valence-corrected chi connectivity index (χ0v) is 17.0. The van der Waals surface area contributed by atoms with Crippen LogP contribution in [0.3, 0.4) is 0 Å². The molecule has 0 radical (unpaired) electrons. The highest BCUT2D eigenvalue weighted by Gasteiger charge is 2.18. The average Bonchev–Trinajstić information content (AvgIpc) is 2.74. The maximum Gasteiger partial charge on any atom is 0.343 e. The fourth-order valence-electron chi connectivity index (χ4n) is 3.14. The van der Waals surface area contributed by atoms with E-state index in [2.05, 4.69) is 11.9 Å². The third-order valence-electron chi connectivity index (χ3n) is 4.97. The summed E-state index contributed by atoms with van der Waals surface area (Å²) in [5, 5.41) is 0. The summed E-state index contributed by atoms with van der Waals surface area (Å²) in [6.45, 7) is 3.83. The molecule has 1 fully saturated rings. The Morgan fingerprint density at radius 3 is 2.27 bits per heavy atom. The molecule has 30 heavy (non-hydrogen) atoms. The van der Waals surface area contributed by atoms with Crippen LogP contribution in [0.2, 0.25) is 0 Å². The minimum atomic E-state index is -0.473. The summed E-state index contributed by atoms with van der Waals surface area (Å²) < 4.78 is 5.36. The highest BCUT2D eigenvalue weighted by Crippen LogP contribution is 2.19. The van der Waals surface area contributed by atoms with E-state index in [-0.39, 0.29) is 11.9 Å². The van der Waals surface area contributed by atoms with Crippen molar-refractivity contribution >= 4 is 29.6 Å². The van der Waals surface area contributed by atoms with Crippen LogP contribution in [0.1, 0.15) is 35.7 Å². The largest absolute Gasteiger partial charge is 0.423 e. The maximum atomic E-state index is 12.3. The van der Waals surface area contributed by atoms with Crippen molar-refractivity contribution in [3.63, 3.8) is 0 Å². The predicted molar refractivity (Wildman–Crippen MR) is 117 cm³/mol. The lowest BCUT2D eigenvalue weighted by Gasteiger charge is -2.29. The number of hydrogen-bond donors (Lipinski definition) is 2. The lowest BCUT2D eigenvalue weighted by atomic mass is 9.99. The fourth-order valence-corrected chi connectivity index (χ4v) is 3.14. The molecule has 4 N–H and O–H groups in total. The highest BCUT2D eigenvalue weighted by atomic mass is 16.5. The van der Waals surface area contributed by atoms with E-state index in [1.54, 1.807) is 60.7 Å². The Kier molecular flexibility index (Phi) is 6.85. The van der Waals surface area contributed by atoms with E-state index in [1.807, 2.05) is 4.90 Å². The van der Waals surface area contributed by atoms with Crippen LogP contribution in [0.4, 0.5) is 5.69 Å². The van der Waals surface area contributed by atoms with Gasteiger partial charge in [0.25, 0.3) is 0 Å². The molecule has 7 heteroatoms. The SMILES string of the molecule is CC1CCN(C(=O)/C=C/c2ccc(C(=O)Oc3ccc(N=C(N)N)cc3)cc2)CC1. The fraction of sp³-hybridized carbons (Fsp3) is 0.261. The van der Waals surface area contributed by atoms with E-state index in [9.17, 15) is 9.59 Å². The third-order valence-corrected chi connectivity index (χ3v) is 4.97. The summed E-state index contributed by atoms with van der Waals surface area (Å²) in [4.78, 5) is 30.4. The lowest BCUT2D eigenvalue weighted by Crippen LogP contribution is -2.36. The topological polar surface area (TPSA) is 111 Å². The molecule has 1 aliphatic heterocycles. The van der Waals surface area contributed by atoms with Crippen LogP contribution in [-0.4, -0.2) is 35.8 Å². The van der Waals surface area contributed by atoms with Crippen LogP contribution in [0.15, 0.2) is 59.6 Å². The number of benzene rings is 2. The van der Waals surface area contributed by atoms with Gasteiger partial charge in [0, 0.05) is 19.2 Å². The van der Waals surface area contributed by atoms with Gasteiger partial charge in [-0.3, -0.25) is 4.79 Å². The molecule has 0 spiro atoms. The number of nitrogens with two attached hydrogens (primary N) is 2. The van der Waals surface area contributed by atoms with E-state index in [0.29, 0.717) is 22.9 Å². The molecule has 7 nitrogen and oxygen atoms in total. The van der Waals surface area contributed by atoms with Gasteiger partial charge in [-0.1, -0.05) is 19.1 Å². The number of esters is 1. The molecule has 0 aromatic heterocycles. The molecule has 1 heterocycles. The van der Waals surface area contributed by atoms with E-state index >= 15 is 0 Å². The number of rotatable bonds is 5. The molecule has 1 aliphatic rings. The minimum absolute atomic E-state index is 0.0227. The molecule has 0 aliphatic carbocycles. The number of carbonyl (C=O) groups excluding carboxylic acids is 2. The zero-order chi connectivity index (χ0) is 21.5. The number of ether oxygens (including phenoxy) is 1. The molecular formula is C23H26N4O3. The van der Waals surface area contributed by atoms with Crippen molar-refractivity contribution in [2.75, 3.05) is 13.1 Å². The van der Waals surface area contributed by atoms with E-state index in [0.717, 1.165) is 31.5 Å². The number of guanidine groups is 1. The molecule has 1 amide bonds. The zero-order valence-electron chi connectivity index (χ0n) is 17.0. The van der Waals surface area contributed by atoms with Crippen molar-refractivity contribution in [3.05, 3.63) is 65.7 Å². The number of aliphatic imine (C=N–C) groups is 1. The average molecular weight is 406 g/mol. The van der Waals surface area contributed by atoms with E-state index in [4.69, 9.17) is 16.2 Å². The monoisotopic (exact) mass is 406 g/mol. The van der Waals surface area contributed by atoms with Crippen molar-refractivity contribution in [1.82, 2.24) is 4.90 Å². The Morgan fingerprint density at radius 1 is 1.03 bits per heavy atom. The van der Waals surface area contributed by atoms with Gasteiger partial charge in [0.1, 0.15) is 5.75 Å². The quantitative estimate of drug-likeness (QED) is 0.261. The van der Waals surface area contributed by atoms with Crippen LogP contribution in [0.25, 0.3) is 6.08 Å². The Bertz CT molecular complexity index is 937. The standard InChI is InChI=1S/C23H26N4O3/c1-16-12-14-27(15-13-16)21(28)11-4-17-2-5-18(6-3-17)22(29)30-20-9-7-19(8-10-20)26-23(24)25/h2-11,16H,12-15H2,1H3,(H4,24,25,26)/b11-4+. The van der Waals surface area contributed by atoms with Gasteiger partial charge in [-0.2, -0.15) is 0 Å². The van der Waals surface area contributed by atoms with Crippen LogP contribution in [0, 0.1) is 5.92 Å². The van der Waals surface area contributed by atoms with Crippen LogP contribution < -0.4 is 16.2 Å². The van der Waals surface area contributed by atoms with Gasteiger partial charge in [-0.05, 0) is 66.8 Å². The smallest absolute Gasteiger partial charge is 0.343 e. The molecular weight excluding hydrogens is 380 g/mol. The number of likely N-dealkylation sites (tertiary alicyclic amines) is 1. The summed E-state index contributed by atoms with van der Waals surface area (Å²) in [5.41, 5.74) is 12.5. The Labute approximate surface area is 176 Å². The minimum Gasteiger partial charge on any atom is -0.423 e. The van der Waals surface area contributed by atoms with E-state index in [1.165, 1.54) is 0 Å². The number of amides is 1. The van der Waals surface area contributed by atoms with Gasteiger partial charge in [-0.15, -0.1) is 0 Å². The van der Waals surface area contributed by atoms with E-state index < -0.39 is 5.97 Å². The Balaban J connectivity index is 1.56. The number of nitrogens with zero attached hydrogens (tertiary/aromatic N) is 2. The van der Waals surface area contributed by atoms with Gasteiger partial charge in [0.05, 0.1) is 11.3 Å². The van der Waals surface area contributed by atoms with Gasteiger partial charge in [0.2, 0.25) is 5.91 Å². The molecule has 2 aromatic carbocycles. The van der Waals surface area contributed by atoms with Gasteiger partial charge < -0.3 is 21.1 Å². The lowest BCUT2D eigenvalue weighted by molar-refractivity contribution is -0.127. The Hall–Kier alpha value is -3.61. The van der Waals surface area contributed by atoms with Crippen LogP contribution in [0.5, 0.6) is 5.75 Å². The van der Waals surface area contributed by atoms with Crippen molar-refractivity contribution in [3.8, 4) is 5.75 Å². The van der Waals surface area contributed by atoms with Crippen LogP contribution in [-0.2, 0) is 4.79 Å². The first-order valence-electron chi connectivity index (χ1n) is 9.89. The molecule has 2 aromatic rings. The van der Waals surface area contributed by atoms with Crippen molar-refractivity contribution in [2.24, 2.45) is 22.4 Å². The summed E-state index contributed by atoms with van der Waals surface area (Å²) >= 11 is 0. The Morgan fingerprint density at radius 2 is 1.67 bits per heavy atom. The van der Waals surface area contributed by atoms with Gasteiger partial charge in [-0.25, -0.2) is 9.79 Å².